The molecule has 2 rings (SSSR count). The maximum atomic E-state index is 12.2. The number of benzene rings is 2. The Balaban J connectivity index is 1.68. The molecule has 1 atom stereocenters. The number of nitrogens with one attached hydrogen (secondary N) is 1. The summed E-state index contributed by atoms with van der Waals surface area (Å²) in [5.41, 5.74) is 2.46. The van der Waals surface area contributed by atoms with Gasteiger partial charge in [0, 0.05) is 12.3 Å². The molecule has 0 saturated carbocycles. The minimum atomic E-state index is -0.0459. The van der Waals surface area contributed by atoms with E-state index in [2.05, 4.69) is 30.4 Å². The molecule has 4 heteroatoms. The zero-order valence-corrected chi connectivity index (χ0v) is 16.6. The Labute approximate surface area is 161 Å². The van der Waals surface area contributed by atoms with Crippen LogP contribution in [-0.4, -0.2) is 24.3 Å². The van der Waals surface area contributed by atoms with Gasteiger partial charge < -0.3 is 10.1 Å². The predicted molar refractivity (Wildman–Crippen MR) is 111 cm³/mol. The first-order chi connectivity index (χ1) is 12.7. The van der Waals surface area contributed by atoms with Crippen molar-refractivity contribution in [3.8, 4) is 5.75 Å². The summed E-state index contributed by atoms with van der Waals surface area (Å²) < 4.78 is 5.79. The fourth-order valence-corrected chi connectivity index (χ4v) is 3.44. The van der Waals surface area contributed by atoms with Crippen LogP contribution in [0.25, 0.3) is 0 Å². The van der Waals surface area contributed by atoms with Gasteiger partial charge in [0.05, 0.1) is 11.9 Å². The molecule has 1 amide bonds. The highest BCUT2D eigenvalue weighted by Crippen LogP contribution is 2.20. The van der Waals surface area contributed by atoms with Gasteiger partial charge in [0.1, 0.15) is 5.75 Å². The van der Waals surface area contributed by atoms with Gasteiger partial charge in [-0.1, -0.05) is 55.5 Å². The molecule has 0 aliphatic heterocycles. The Morgan fingerprint density at radius 3 is 2.62 bits per heavy atom. The molecule has 0 aliphatic rings. The van der Waals surface area contributed by atoms with Gasteiger partial charge in [-0.05, 0) is 43.4 Å². The Hall–Kier alpha value is -1.94. The van der Waals surface area contributed by atoms with Gasteiger partial charge in [0.15, 0.2) is 0 Å². The van der Waals surface area contributed by atoms with E-state index in [1.807, 2.05) is 43.3 Å². The van der Waals surface area contributed by atoms with E-state index in [9.17, 15) is 4.79 Å². The summed E-state index contributed by atoms with van der Waals surface area (Å²) in [5, 5.41) is 3.01. The molecule has 3 nitrogen and oxygen atoms in total. The standard InChI is InChI=1S/C22H29NO2S/c1-3-16-25-21-14-8-7-12-20(21)13-9-15-23-22(24)18(2)26-17-19-10-5-4-6-11-19/h4-8,10-12,14,18H,3,9,13,15-17H2,1-2H3,(H,23,24)/t18-/m1/s1. The van der Waals surface area contributed by atoms with Crippen LogP contribution >= 0.6 is 11.8 Å². The van der Waals surface area contributed by atoms with Crippen LogP contribution in [0.3, 0.4) is 0 Å². The van der Waals surface area contributed by atoms with Crippen LogP contribution in [0.1, 0.15) is 37.8 Å². The first-order valence-corrected chi connectivity index (χ1v) is 10.4. The van der Waals surface area contributed by atoms with Crippen LogP contribution in [0.5, 0.6) is 5.75 Å². The summed E-state index contributed by atoms with van der Waals surface area (Å²) in [5.74, 6) is 1.94. The third-order valence-electron chi connectivity index (χ3n) is 4.07. The van der Waals surface area contributed by atoms with E-state index in [1.165, 1.54) is 11.1 Å². The average molecular weight is 372 g/mol. The molecular weight excluding hydrogens is 342 g/mol. The van der Waals surface area contributed by atoms with E-state index in [0.29, 0.717) is 6.54 Å². The second-order valence-electron chi connectivity index (χ2n) is 6.29. The number of aryl methyl sites for hydroxylation is 1. The summed E-state index contributed by atoms with van der Waals surface area (Å²) >= 11 is 1.67. The smallest absolute Gasteiger partial charge is 0.232 e. The summed E-state index contributed by atoms with van der Waals surface area (Å²) in [4.78, 5) is 12.2. The quantitative estimate of drug-likeness (QED) is 0.574. The molecule has 0 aliphatic carbocycles. The van der Waals surface area contributed by atoms with E-state index in [4.69, 9.17) is 4.74 Å². The van der Waals surface area contributed by atoms with Crippen molar-refractivity contribution in [2.45, 2.75) is 44.1 Å². The lowest BCUT2D eigenvalue weighted by Crippen LogP contribution is -2.31. The second-order valence-corrected chi connectivity index (χ2v) is 7.62. The number of hydrogen-bond donors (Lipinski definition) is 1. The molecule has 0 spiro atoms. The van der Waals surface area contributed by atoms with Gasteiger partial charge in [-0.3, -0.25) is 4.79 Å². The maximum absolute atomic E-state index is 12.2. The van der Waals surface area contributed by atoms with Crippen molar-refractivity contribution in [1.82, 2.24) is 5.32 Å². The van der Waals surface area contributed by atoms with Gasteiger partial charge in [0.2, 0.25) is 5.91 Å². The molecule has 140 valence electrons. The van der Waals surface area contributed by atoms with Gasteiger partial charge in [0.25, 0.3) is 0 Å². The summed E-state index contributed by atoms with van der Waals surface area (Å²) in [7, 11) is 0. The van der Waals surface area contributed by atoms with Crippen molar-refractivity contribution >= 4 is 17.7 Å². The van der Waals surface area contributed by atoms with Crippen LogP contribution in [0.15, 0.2) is 54.6 Å². The summed E-state index contributed by atoms with van der Waals surface area (Å²) in [6, 6.07) is 18.4. The van der Waals surface area contributed by atoms with E-state index in [1.54, 1.807) is 11.8 Å². The lowest BCUT2D eigenvalue weighted by molar-refractivity contribution is -0.120. The minimum absolute atomic E-state index is 0.0459. The molecular formula is C22H29NO2S. The molecule has 2 aromatic carbocycles. The third kappa shape index (κ3) is 7.12. The number of amides is 1. The Morgan fingerprint density at radius 1 is 1.12 bits per heavy atom. The average Bonchev–Trinajstić information content (AvgIpc) is 2.69. The maximum Gasteiger partial charge on any atom is 0.232 e. The lowest BCUT2D eigenvalue weighted by atomic mass is 10.1. The van der Waals surface area contributed by atoms with Gasteiger partial charge in [-0.2, -0.15) is 0 Å². The molecule has 0 heterocycles. The van der Waals surface area contributed by atoms with Gasteiger partial charge in [-0.15, -0.1) is 11.8 Å². The zero-order chi connectivity index (χ0) is 18.6. The molecule has 2 aromatic rings. The first kappa shape index (κ1) is 20.4. The van der Waals surface area contributed by atoms with Gasteiger partial charge >= 0.3 is 0 Å². The first-order valence-electron chi connectivity index (χ1n) is 9.34. The topological polar surface area (TPSA) is 38.3 Å². The Bertz CT molecular complexity index is 660. The molecule has 1 N–H and O–H groups in total. The fraction of sp³-hybridized carbons (Fsp3) is 0.409. The van der Waals surface area contributed by atoms with E-state index >= 15 is 0 Å². The number of thioether (sulfide) groups is 1. The van der Waals surface area contributed by atoms with Crippen molar-refractivity contribution in [3.63, 3.8) is 0 Å². The molecule has 0 fully saturated rings. The Kier molecular flexibility index (Phi) is 9.11. The number of carbonyl (C=O) groups excluding carboxylic acids is 1. The number of para-hydroxylation sites is 1. The van der Waals surface area contributed by atoms with Crippen molar-refractivity contribution in [2.75, 3.05) is 13.2 Å². The number of rotatable bonds is 11. The highest BCUT2D eigenvalue weighted by atomic mass is 32.2. The SMILES string of the molecule is CCCOc1ccccc1CCCNC(=O)[C@@H](C)SCc1ccccc1. The fourth-order valence-electron chi connectivity index (χ4n) is 2.57. The number of ether oxygens (including phenoxy) is 1. The lowest BCUT2D eigenvalue weighted by Gasteiger charge is -2.13. The normalized spacial score (nSPS) is 11.8. The van der Waals surface area contributed by atoms with Crippen LogP contribution < -0.4 is 10.1 Å². The molecule has 0 bridgehead atoms. The van der Waals surface area contributed by atoms with Crippen molar-refractivity contribution in [3.05, 3.63) is 65.7 Å². The van der Waals surface area contributed by atoms with Gasteiger partial charge in [-0.25, -0.2) is 0 Å². The van der Waals surface area contributed by atoms with Crippen molar-refractivity contribution in [2.24, 2.45) is 0 Å². The van der Waals surface area contributed by atoms with Crippen LogP contribution in [0, 0.1) is 0 Å². The molecule has 0 saturated heterocycles. The van der Waals surface area contributed by atoms with E-state index in [0.717, 1.165) is 37.4 Å². The predicted octanol–water partition coefficient (Wildman–Crippen LogP) is 4.85. The third-order valence-corrected chi connectivity index (χ3v) is 5.28. The van der Waals surface area contributed by atoms with E-state index < -0.39 is 0 Å². The van der Waals surface area contributed by atoms with E-state index in [-0.39, 0.29) is 11.2 Å². The summed E-state index contributed by atoms with van der Waals surface area (Å²) in [6.45, 7) is 5.51. The molecule has 0 aromatic heterocycles. The summed E-state index contributed by atoms with van der Waals surface area (Å²) in [6.07, 6.45) is 2.82. The van der Waals surface area contributed by atoms with Crippen LogP contribution in [0.2, 0.25) is 0 Å². The molecule has 0 unspecified atom stereocenters. The zero-order valence-electron chi connectivity index (χ0n) is 15.7. The second kappa shape index (κ2) is 11.6. The number of hydrogen-bond acceptors (Lipinski definition) is 3. The van der Waals surface area contributed by atoms with Crippen LogP contribution in [-0.2, 0) is 17.0 Å². The molecule has 26 heavy (non-hydrogen) atoms. The Morgan fingerprint density at radius 2 is 1.85 bits per heavy atom. The number of carbonyl (C=O) groups is 1. The monoisotopic (exact) mass is 371 g/mol. The molecule has 0 radical (unpaired) electrons. The minimum Gasteiger partial charge on any atom is -0.493 e. The van der Waals surface area contributed by atoms with Crippen molar-refractivity contribution in [1.29, 1.82) is 0 Å². The van der Waals surface area contributed by atoms with Crippen LogP contribution in [0.4, 0.5) is 0 Å². The van der Waals surface area contributed by atoms with Crippen molar-refractivity contribution < 1.29 is 9.53 Å². The largest absolute Gasteiger partial charge is 0.493 e. The highest BCUT2D eigenvalue weighted by Gasteiger charge is 2.12. The highest BCUT2D eigenvalue weighted by molar-refractivity contribution is 7.99.